The molecule has 7 heteroatoms. The Bertz CT molecular complexity index is 536. The number of nitrogens with one attached hydrogen (secondary N) is 2. The zero-order chi connectivity index (χ0) is 14.4. The van der Waals surface area contributed by atoms with E-state index in [0.717, 1.165) is 6.42 Å². The van der Waals surface area contributed by atoms with E-state index in [1.54, 1.807) is 19.6 Å². The van der Waals surface area contributed by atoms with Crippen LogP contribution in [0, 0.1) is 0 Å². The summed E-state index contributed by atoms with van der Waals surface area (Å²) in [5.74, 6) is 0.326. The number of carbonyl (C=O) groups is 1. The lowest BCUT2D eigenvalue weighted by Crippen LogP contribution is -2.37. The average Bonchev–Trinajstić information content (AvgIpc) is 2.99. The van der Waals surface area contributed by atoms with E-state index in [0.29, 0.717) is 18.1 Å². The average molecular weight is 274 g/mol. The number of anilines is 1. The minimum atomic E-state index is -0.167. The first-order valence-corrected chi connectivity index (χ1v) is 6.49. The SMILES string of the molecule is CCC(Cn1ccnc1)NC(=O)c1cnc(NC)nc1. The van der Waals surface area contributed by atoms with Crippen LogP contribution in [0.2, 0.25) is 0 Å². The number of aromatic nitrogens is 4. The molecule has 2 aromatic rings. The molecule has 0 fully saturated rings. The Morgan fingerprint density at radius 3 is 2.70 bits per heavy atom. The molecule has 1 atom stereocenters. The molecule has 20 heavy (non-hydrogen) atoms. The van der Waals surface area contributed by atoms with Crippen molar-refractivity contribution in [1.29, 1.82) is 0 Å². The van der Waals surface area contributed by atoms with Gasteiger partial charge in [-0.05, 0) is 6.42 Å². The molecule has 0 aliphatic rings. The summed E-state index contributed by atoms with van der Waals surface area (Å²) in [7, 11) is 1.73. The van der Waals surface area contributed by atoms with Crippen molar-refractivity contribution in [3.05, 3.63) is 36.7 Å². The molecule has 0 aliphatic heterocycles. The van der Waals surface area contributed by atoms with E-state index in [1.807, 2.05) is 17.7 Å². The molecule has 0 bridgehead atoms. The summed E-state index contributed by atoms with van der Waals surface area (Å²) in [4.78, 5) is 24.2. The van der Waals surface area contributed by atoms with E-state index in [-0.39, 0.29) is 11.9 Å². The van der Waals surface area contributed by atoms with Gasteiger partial charge < -0.3 is 15.2 Å². The van der Waals surface area contributed by atoms with Crippen LogP contribution >= 0.6 is 0 Å². The van der Waals surface area contributed by atoms with Crippen LogP contribution in [0.25, 0.3) is 0 Å². The van der Waals surface area contributed by atoms with Gasteiger partial charge in [0.1, 0.15) is 0 Å². The molecule has 0 aliphatic carbocycles. The molecule has 7 nitrogen and oxygen atoms in total. The molecule has 2 N–H and O–H groups in total. The fourth-order valence-electron chi connectivity index (χ4n) is 1.77. The third-order valence-electron chi connectivity index (χ3n) is 2.96. The van der Waals surface area contributed by atoms with Crippen LogP contribution in [-0.2, 0) is 6.54 Å². The van der Waals surface area contributed by atoms with Crippen molar-refractivity contribution in [3.63, 3.8) is 0 Å². The van der Waals surface area contributed by atoms with Gasteiger partial charge >= 0.3 is 0 Å². The molecule has 1 unspecified atom stereocenters. The highest BCUT2D eigenvalue weighted by Gasteiger charge is 2.13. The van der Waals surface area contributed by atoms with Gasteiger partial charge in [-0.1, -0.05) is 6.92 Å². The zero-order valence-corrected chi connectivity index (χ0v) is 11.6. The largest absolute Gasteiger partial charge is 0.357 e. The molecule has 2 heterocycles. The van der Waals surface area contributed by atoms with Gasteiger partial charge in [0, 0.05) is 44.4 Å². The number of rotatable bonds is 6. The second-order valence-corrected chi connectivity index (χ2v) is 4.38. The van der Waals surface area contributed by atoms with Crippen molar-refractivity contribution in [2.75, 3.05) is 12.4 Å². The summed E-state index contributed by atoms with van der Waals surface area (Å²) in [5.41, 5.74) is 0.452. The van der Waals surface area contributed by atoms with Gasteiger partial charge in [-0.25, -0.2) is 15.0 Å². The van der Waals surface area contributed by atoms with Gasteiger partial charge in [0.25, 0.3) is 5.91 Å². The Morgan fingerprint density at radius 1 is 1.40 bits per heavy atom. The Morgan fingerprint density at radius 2 is 2.15 bits per heavy atom. The summed E-state index contributed by atoms with van der Waals surface area (Å²) in [6.45, 7) is 2.72. The van der Waals surface area contributed by atoms with Crippen LogP contribution in [0.4, 0.5) is 5.95 Å². The monoisotopic (exact) mass is 274 g/mol. The summed E-state index contributed by atoms with van der Waals surface area (Å²) in [6, 6.07) is 0.0423. The molecule has 2 aromatic heterocycles. The van der Waals surface area contributed by atoms with Gasteiger partial charge in [0.2, 0.25) is 5.95 Å². The number of nitrogens with zero attached hydrogens (tertiary/aromatic N) is 4. The van der Waals surface area contributed by atoms with Gasteiger partial charge in [-0.3, -0.25) is 4.79 Å². The first kappa shape index (κ1) is 14.0. The second-order valence-electron chi connectivity index (χ2n) is 4.38. The van der Waals surface area contributed by atoms with E-state index in [9.17, 15) is 4.79 Å². The third-order valence-corrected chi connectivity index (χ3v) is 2.96. The molecular weight excluding hydrogens is 256 g/mol. The Kier molecular flexibility index (Phi) is 4.65. The molecule has 0 spiro atoms. The number of carbonyl (C=O) groups excluding carboxylic acids is 1. The highest BCUT2D eigenvalue weighted by atomic mass is 16.1. The van der Waals surface area contributed by atoms with E-state index >= 15 is 0 Å². The predicted molar refractivity (Wildman–Crippen MR) is 75.4 cm³/mol. The molecule has 0 saturated carbocycles. The molecular formula is C13H18N6O. The van der Waals surface area contributed by atoms with Gasteiger partial charge in [0.15, 0.2) is 0 Å². The van der Waals surface area contributed by atoms with Crippen molar-refractivity contribution >= 4 is 11.9 Å². The Labute approximate surface area is 117 Å². The van der Waals surface area contributed by atoms with E-state index in [1.165, 1.54) is 12.4 Å². The second kappa shape index (κ2) is 6.65. The Balaban J connectivity index is 1.97. The maximum Gasteiger partial charge on any atom is 0.254 e. The number of hydrogen-bond donors (Lipinski definition) is 2. The van der Waals surface area contributed by atoms with Crippen LogP contribution in [0.1, 0.15) is 23.7 Å². The third kappa shape index (κ3) is 3.53. The van der Waals surface area contributed by atoms with Gasteiger partial charge in [-0.2, -0.15) is 0 Å². The smallest absolute Gasteiger partial charge is 0.254 e. The van der Waals surface area contributed by atoms with Crippen molar-refractivity contribution in [2.24, 2.45) is 0 Å². The fourth-order valence-corrected chi connectivity index (χ4v) is 1.77. The van der Waals surface area contributed by atoms with E-state index in [4.69, 9.17) is 0 Å². The first-order valence-electron chi connectivity index (χ1n) is 6.49. The minimum Gasteiger partial charge on any atom is -0.357 e. The maximum absolute atomic E-state index is 12.1. The fraction of sp³-hybridized carbons (Fsp3) is 0.385. The van der Waals surface area contributed by atoms with Gasteiger partial charge in [-0.15, -0.1) is 0 Å². The summed E-state index contributed by atoms with van der Waals surface area (Å²) in [6.07, 6.45) is 9.19. The quantitative estimate of drug-likeness (QED) is 0.818. The number of amides is 1. The van der Waals surface area contributed by atoms with Crippen molar-refractivity contribution in [3.8, 4) is 0 Å². The van der Waals surface area contributed by atoms with Gasteiger partial charge in [0.05, 0.1) is 11.9 Å². The first-order chi connectivity index (χ1) is 9.72. The predicted octanol–water partition coefficient (Wildman–Crippen LogP) is 0.923. The normalized spacial score (nSPS) is 11.9. The van der Waals surface area contributed by atoms with E-state index < -0.39 is 0 Å². The standard InChI is InChI=1S/C13H18N6O/c1-3-11(8-19-5-4-15-9-19)18-12(20)10-6-16-13(14-2)17-7-10/h4-7,9,11H,3,8H2,1-2H3,(H,18,20)(H,14,16,17). The number of hydrogen-bond acceptors (Lipinski definition) is 5. The van der Waals surface area contributed by atoms with Crippen LogP contribution < -0.4 is 10.6 Å². The maximum atomic E-state index is 12.1. The molecule has 0 radical (unpaired) electrons. The molecule has 2 rings (SSSR count). The Hall–Kier alpha value is -2.44. The highest BCUT2D eigenvalue weighted by Crippen LogP contribution is 2.02. The lowest BCUT2D eigenvalue weighted by atomic mass is 10.2. The van der Waals surface area contributed by atoms with Crippen LogP contribution in [0.15, 0.2) is 31.1 Å². The molecule has 106 valence electrons. The van der Waals surface area contributed by atoms with Crippen LogP contribution in [0.3, 0.4) is 0 Å². The lowest BCUT2D eigenvalue weighted by molar-refractivity contribution is 0.0931. The lowest BCUT2D eigenvalue weighted by Gasteiger charge is -2.17. The minimum absolute atomic E-state index is 0.0423. The van der Waals surface area contributed by atoms with E-state index in [2.05, 4.69) is 25.6 Å². The topological polar surface area (TPSA) is 84.7 Å². The van der Waals surface area contributed by atoms with Crippen molar-refractivity contribution in [2.45, 2.75) is 25.9 Å². The number of imidazole rings is 1. The van der Waals surface area contributed by atoms with Crippen LogP contribution in [0.5, 0.6) is 0 Å². The highest BCUT2D eigenvalue weighted by molar-refractivity contribution is 5.93. The summed E-state index contributed by atoms with van der Waals surface area (Å²) in [5, 5.41) is 5.78. The summed E-state index contributed by atoms with van der Waals surface area (Å²) < 4.78 is 1.94. The summed E-state index contributed by atoms with van der Waals surface area (Å²) >= 11 is 0. The molecule has 1 amide bonds. The molecule has 0 aromatic carbocycles. The molecule has 0 saturated heterocycles. The van der Waals surface area contributed by atoms with Crippen LogP contribution in [-0.4, -0.2) is 38.5 Å². The van der Waals surface area contributed by atoms with Crippen molar-refractivity contribution < 1.29 is 4.79 Å². The zero-order valence-electron chi connectivity index (χ0n) is 11.6. The van der Waals surface area contributed by atoms with Crippen molar-refractivity contribution in [1.82, 2.24) is 24.8 Å².